The lowest BCUT2D eigenvalue weighted by atomic mass is 9.87. The average molecular weight is 398 g/mol. The second kappa shape index (κ2) is 8.55. The van der Waals surface area contributed by atoms with Crippen molar-refractivity contribution >= 4 is 6.03 Å². The lowest BCUT2D eigenvalue weighted by Crippen LogP contribution is -2.58. The lowest BCUT2D eigenvalue weighted by molar-refractivity contribution is -0.0357. The predicted molar refractivity (Wildman–Crippen MR) is 112 cm³/mol. The summed E-state index contributed by atoms with van der Waals surface area (Å²) < 4.78 is 7.36. The monoisotopic (exact) mass is 397 g/mol. The van der Waals surface area contributed by atoms with E-state index in [-0.39, 0.29) is 11.6 Å². The summed E-state index contributed by atoms with van der Waals surface area (Å²) >= 11 is 0. The quantitative estimate of drug-likeness (QED) is 0.861. The first-order chi connectivity index (χ1) is 14.0. The van der Waals surface area contributed by atoms with Gasteiger partial charge in [0.1, 0.15) is 0 Å². The molecule has 2 aliphatic rings. The number of amides is 2. The second-order valence-corrected chi connectivity index (χ2v) is 8.27. The Morgan fingerprint density at radius 1 is 1.14 bits per heavy atom. The van der Waals surface area contributed by atoms with Gasteiger partial charge in [0.05, 0.1) is 24.6 Å². The van der Waals surface area contributed by atoms with Gasteiger partial charge in [-0.05, 0) is 44.4 Å². The molecule has 29 heavy (non-hydrogen) atoms. The van der Waals surface area contributed by atoms with E-state index in [2.05, 4.69) is 22.2 Å². The molecule has 1 aromatic carbocycles. The lowest BCUT2D eigenvalue weighted by Gasteiger charge is -2.48. The molecular weight excluding hydrogens is 366 g/mol. The molecule has 0 unspecified atom stereocenters. The molecule has 1 N–H and O–H groups in total. The number of urea groups is 1. The van der Waals surface area contributed by atoms with Gasteiger partial charge < -0.3 is 15.0 Å². The van der Waals surface area contributed by atoms with Gasteiger partial charge in [0.15, 0.2) is 0 Å². The third kappa shape index (κ3) is 4.46. The summed E-state index contributed by atoms with van der Waals surface area (Å²) in [6, 6.07) is 10.1. The number of carbonyl (C=O) groups excluding carboxylic acids is 1. The fourth-order valence-corrected chi connectivity index (χ4v) is 4.33. The number of para-hydroxylation sites is 1. The number of rotatable bonds is 4. The maximum Gasteiger partial charge on any atom is 0.317 e. The number of nitrogens with zero attached hydrogens (tertiary/aromatic N) is 4. The molecule has 4 rings (SSSR count). The van der Waals surface area contributed by atoms with Crippen LogP contribution in [-0.4, -0.2) is 70.5 Å². The van der Waals surface area contributed by atoms with E-state index >= 15 is 0 Å². The number of likely N-dealkylation sites (tertiary alicyclic amines) is 1. The van der Waals surface area contributed by atoms with Crippen molar-refractivity contribution in [1.29, 1.82) is 0 Å². The van der Waals surface area contributed by atoms with Crippen LogP contribution in [0.25, 0.3) is 5.69 Å². The number of hydrogen-bond donors (Lipinski definition) is 1. The van der Waals surface area contributed by atoms with E-state index in [4.69, 9.17) is 4.74 Å². The minimum Gasteiger partial charge on any atom is -0.379 e. The number of aromatic nitrogens is 2. The number of benzene rings is 1. The van der Waals surface area contributed by atoms with E-state index in [1.54, 1.807) is 0 Å². The number of hydrogen-bond acceptors (Lipinski definition) is 4. The van der Waals surface area contributed by atoms with Crippen LogP contribution in [0.5, 0.6) is 0 Å². The van der Waals surface area contributed by atoms with Crippen molar-refractivity contribution in [2.24, 2.45) is 0 Å². The summed E-state index contributed by atoms with van der Waals surface area (Å²) in [4.78, 5) is 17.3. The molecule has 0 aliphatic carbocycles. The van der Waals surface area contributed by atoms with Gasteiger partial charge in [-0.1, -0.05) is 18.2 Å². The number of carbonyl (C=O) groups is 1. The summed E-state index contributed by atoms with van der Waals surface area (Å²) in [6.07, 6.45) is 3.96. The first kappa shape index (κ1) is 19.9. The second-order valence-electron chi connectivity index (χ2n) is 8.27. The largest absolute Gasteiger partial charge is 0.379 e. The van der Waals surface area contributed by atoms with Crippen LogP contribution in [0.3, 0.4) is 0 Å². The van der Waals surface area contributed by atoms with Gasteiger partial charge >= 0.3 is 6.03 Å². The molecule has 2 aromatic rings. The van der Waals surface area contributed by atoms with Crippen LogP contribution < -0.4 is 5.32 Å². The van der Waals surface area contributed by atoms with Crippen LogP contribution in [0.2, 0.25) is 0 Å². The van der Waals surface area contributed by atoms with Gasteiger partial charge in [0.2, 0.25) is 0 Å². The molecule has 2 amide bonds. The highest BCUT2D eigenvalue weighted by molar-refractivity contribution is 5.74. The Labute approximate surface area is 172 Å². The molecule has 2 saturated heterocycles. The number of ether oxygens (including phenoxy) is 1. The smallest absolute Gasteiger partial charge is 0.317 e. The fourth-order valence-electron chi connectivity index (χ4n) is 4.33. The minimum absolute atomic E-state index is 0.0143. The fraction of sp³-hybridized carbons (Fsp3) is 0.545. The Kier molecular flexibility index (Phi) is 5.87. The molecule has 2 aliphatic heterocycles. The molecule has 156 valence electrons. The zero-order valence-electron chi connectivity index (χ0n) is 17.4. The van der Waals surface area contributed by atoms with Gasteiger partial charge in [-0.25, -0.2) is 9.48 Å². The highest BCUT2D eigenvalue weighted by Crippen LogP contribution is 2.29. The van der Waals surface area contributed by atoms with Crippen LogP contribution in [-0.2, 0) is 11.3 Å². The Hall–Kier alpha value is -2.38. The Bertz CT molecular complexity index is 835. The molecule has 7 heteroatoms. The molecular formula is C22H31N5O2. The third-order valence-electron chi connectivity index (χ3n) is 6.29. The Morgan fingerprint density at radius 2 is 1.86 bits per heavy atom. The number of nitrogens with one attached hydrogen (secondary N) is 1. The molecule has 3 heterocycles. The molecule has 7 nitrogen and oxygen atoms in total. The molecule has 0 saturated carbocycles. The van der Waals surface area contributed by atoms with E-state index in [0.717, 1.165) is 69.2 Å². The van der Waals surface area contributed by atoms with Gasteiger partial charge in [-0.15, -0.1) is 0 Å². The summed E-state index contributed by atoms with van der Waals surface area (Å²) in [5, 5.41) is 7.60. The Morgan fingerprint density at radius 3 is 2.55 bits per heavy atom. The minimum atomic E-state index is 0.0143. The van der Waals surface area contributed by atoms with E-state index in [1.807, 2.05) is 53.0 Å². The zero-order valence-corrected chi connectivity index (χ0v) is 17.4. The van der Waals surface area contributed by atoms with Crippen LogP contribution >= 0.6 is 0 Å². The van der Waals surface area contributed by atoms with Crippen LogP contribution in [0.15, 0.2) is 36.5 Å². The maximum absolute atomic E-state index is 12.8. The van der Waals surface area contributed by atoms with Crippen molar-refractivity contribution < 1.29 is 9.53 Å². The molecule has 2 fully saturated rings. The van der Waals surface area contributed by atoms with Gasteiger partial charge in [0.25, 0.3) is 0 Å². The number of piperidine rings is 1. The topological polar surface area (TPSA) is 62.6 Å². The number of aryl methyl sites for hydroxylation is 1. The van der Waals surface area contributed by atoms with Gasteiger partial charge in [-0.2, -0.15) is 5.10 Å². The van der Waals surface area contributed by atoms with Crippen LogP contribution in [0, 0.1) is 6.92 Å². The van der Waals surface area contributed by atoms with E-state index in [1.165, 1.54) is 0 Å². The summed E-state index contributed by atoms with van der Waals surface area (Å²) in [5.41, 5.74) is 3.20. The molecule has 1 aromatic heterocycles. The molecule has 0 spiro atoms. The summed E-state index contributed by atoms with van der Waals surface area (Å²) in [7, 11) is 0. The number of morpholine rings is 1. The standard InChI is InChI=1S/C22H31N5O2/c1-18-7-10-27(24-18)20-6-4-3-5-19(20)17-23-21(28)25-11-8-22(2,9-12-25)26-13-15-29-16-14-26/h3-7,10H,8-9,11-17H2,1-2H3,(H,23,28). The summed E-state index contributed by atoms with van der Waals surface area (Å²) in [5.74, 6) is 0. The Balaban J connectivity index is 1.33. The average Bonchev–Trinajstić information content (AvgIpc) is 3.19. The highest BCUT2D eigenvalue weighted by Gasteiger charge is 2.37. The first-order valence-electron chi connectivity index (χ1n) is 10.5. The third-order valence-corrected chi connectivity index (χ3v) is 6.29. The zero-order chi connectivity index (χ0) is 20.3. The van der Waals surface area contributed by atoms with Crippen LogP contribution in [0.4, 0.5) is 4.79 Å². The van der Waals surface area contributed by atoms with Crippen molar-refractivity contribution in [3.63, 3.8) is 0 Å². The molecule has 0 bridgehead atoms. The van der Waals surface area contributed by atoms with Crippen LogP contribution in [0.1, 0.15) is 31.0 Å². The van der Waals surface area contributed by atoms with E-state index < -0.39 is 0 Å². The van der Waals surface area contributed by atoms with Crippen molar-refractivity contribution in [3.8, 4) is 5.69 Å². The molecule has 0 radical (unpaired) electrons. The van der Waals surface area contributed by atoms with Crippen molar-refractivity contribution in [2.75, 3.05) is 39.4 Å². The first-order valence-corrected chi connectivity index (χ1v) is 10.5. The highest BCUT2D eigenvalue weighted by atomic mass is 16.5. The van der Waals surface area contributed by atoms with Crippen molar-refractivity contribution in [3.05, 3.63) is 47.8 Å². The SMILES string of the molecule is Cc1ccn(-c2ccccc2CNC(=O)N2CCC(C)(N3CCOCC3)CC2)n1. The predicted octanol–water partition coefficient (Wildman–Crippen LogP) is 2.58. The van der Waals surface area contributed by atoms with E-state index in [0.29, 0.717) is 6.54 Å². The van der Waals surface area contributed by atoms with Gasteiger partial charge in [0, 0.05) is 44.5 Å². The molecule has 0 atom stereocenters. The normalized spacial score (nSPS) is 19.9. The maximum atomic E-state index is 12.8. The van der Waals surface area contributed by atoms with Crippen molar-refractivity contribution in [2.45, 2.75) is 38.8 Å². The summed E-state index contributed by atoms with van der Waals surface area (Å²) in [6.45, 7) is 9.99. The van der Waals surface area contributed by atoms with E-state index in [9.17, 15) is 4.79 Å². The van der Waals surface area contributed by atoms with Crippen molar-refractivity contribution in [1.82, 2.24) is 24.9 Å². The van der Waals surface area contributed by atoms with Gasteiger partial charge in [-0.3, -0.25) is 4.90 Å².